The Morgan fingerprint density at radius 2 is 1.70 bits per heavy atom. The number of aliphatic carboxylic acids is 1. The van der Waals surface area contributed by atoms with Crippen LogP contribution >= 0.6 is 31.9 Å². The van der Waals surface area contributed by atoms with Crippen LogP contribution in [0.2, 0.25) is 0 Å². The third-order valence-corrected chi connectivity index (χ3v) is 8.06. The van der Waals surface area contributed by atoms with Crippen LogP contribution < -0.4 is 19.5 Å². The van der Waals surface area contributed by atoms with E-state index in [1.165, 1.54) is 0 Å². The fourth-order valence-electron chi connectivity index (χ4n) is 5.05. The van der Waals surface area contributed by atoms with Gasteiger partial charge in [0.25, 0.3) is 0 Å². The van der Waals surface area contributed by atoms with Gasteiger partial charge >= 0.3 is 5.97 Å². The molecular weight excluding hydrogens is 608 g/mol. The van der Waals surface area contributed by atoms with Gasteiger partial charge in [-0.1, -0.05) is 24.3 Å². The number of carbonyl (C=O) groups excluding carboxylic acids is 1. The number of likely N-dealkylation sites (tertiary alicyclic amines) is 1. The number of para-hydroxylation sites is 1. The number of anilines is 1. The highest BCUT2D eigenvalue weighted by molar-refractivity contribution is 9.11. The van der Waals surface area contributed by atoms with Crippen molar-refractivity contribution in [3.63, 3.8) is 0 Å². The van der Waals surface area contributed by atoms with Crippen LogP contribution in [0.15, 0.2) is 69.6 Å². The Morgan fingerprint density at radius 3 is 2.38 bits per heavy atom. The summed E-state index contributed by atoms with van der Waals surface area (Å²) in [5.74, 6) is -0.447. The van der Waals surface area contributed by atoms with Crippen molar-refractivity contribution >= 4 is 49.4 Å². The van der Waals surface area contributed by atoms with Gasteiger partial charge in [0, 0.05) is 27.4 Å². The van der Waals surface area contributed by atoms with Crippen molar-refractivity contribution in [2.45, 2.75) is 12.0 Å². The Bertz CT molecular complexity index is 1310. The molecule has 0 aliphatic carbocycles. The highest BCUT2D eigenvalue weighted by Gasteiger charge is 2.48. The number of rotatable bonds is 7. The van der Waals surface area contributed by atoms with Gasteiger partial charge in [0.05, 0.1) is 25.3 Å². The number of hydrogen-bond acceptors (Lipinski definition) is 6. The molecule has 1 fully saturated rings. The van der Waals surface area contributed by atoms with Crippen LogP contribution in [0.5, 0.6) is 17.2 Å². The second-order valence-electron chi connectivity index (χ2n) is 8.88. The lowest BCUT2D eigenvalue weighted by Gasteiger charge is -2.27. The highest BCUT2D eigenvalue weighted by atomic mass is 79.9. The highest BCUT2D eigenvalue weighted by Crippen LogP contribution is 2.47. The van der Waals surface area contributed by atoms with Crippen molar-refractivity contribution in [2.24, 2.45) is 5.92 Å². The molecule has 2 aliphatic rings. The minimum absolute atomic E-state index is 0.00923. The minimum Gasteiger partial charge on any atom is -0.497 e. The van der Waals surface area contributed by atoms with Gasteiger partial charge < -0.3 is 24.6 Å². The van der Waals surface area contributed by atoms with Gasteiger partial charge in [-0.3, -0.25) is 14.5 Å². The van der Waals surface area contributed by atoms with Crippen molar-refractivity contribution in [3.8, 4) is 17.2 Å². The number of nitrogens with one attached hydrogen (secondary N) is 1. The van der Waals surface area contributed by atoms with E-state index in [-0.39, 0.29) is 25.2 Å². The number of nitrogens with zero attached hydrogens (tertiary/aromatic N) is 1. The summed E-state index contributed by atoms with van der Waals surface area (Å²) in [6.07, 6.45) is 0. The van der Waals surface area contributed by atoms with Crippen molar-refractivity contribution in [1.29, 1.82) is 0 Å². The molecule has 0 unspecified atom stereocenters. The topological polar surface area (TPSA) is 97.3 Å². The van der Waals surface area contributed by atoms with Crippen LogP contribution in [0.25, 0.3) is 0 Å². The summed E-state index contributed by atoms with van der Waals surface area (Å²) < 4.78 is 17.7. The summed E-state index contributed by atoms with van der Waals surface area (Å²) >= 11 is 6.95. The number of carboxylic acid groups (broad SMARTS) is 1. The lowest BCUT2D eigenvalue weighted by molar-refractivity contribution is -0.143. The molecule has 3 atom stereocenters. The van der Waals surface area contributed by atoms with E-state index in [2.05, 4.69) is 37.2 Å². The number of carbonyl (C=O) groups is 2. The van der Waals surface area contributed by atoms with E-state index in [0.29, 0.717) is 29.5 Å². The maximum atomic E-state index is 13.2. The van der Waals surface area contributed by atoms with Crippen molar-refractivity contribution < 1.29 is 28.9 Å². The van der Waals surface area contributed by atoms with Crippen LogP contribution in [-0.2, 0) is 9.59 Å². The van der Waals surface area contributed by atoms with E-state index in [1.807, 2.05) is 47.4 Å². The average Bonchev–Trinajstić information content (AvgIpc) is 3.50. The number of amides is 1. The summed E-state index contributed by atoms with van der Waals surface area (Å²) in [7, 11) is 1.58. The van der Waals surface area contributed by atoms with Gasteiger partial charge in [-0.05, 0) is 79.4 Å². The fraction of sp³-hybridized carbons (Fsp3) is 0.259. The molecule has 5 rings (SSSR count). The zero-order chi connectivity index (χ0) is 26.1. The minimum atomic E-state index is -0.931. The third-order valence-electron chi connectivity index (χ3n) is 6.74. The normalized spacial score (nSPS) is 20.6. The molecule has 0 spiro atoms. The molecule has 10 heteroatoms. The SMILES string of the molecule is COc1ccc([C@H]2[C@H](C(=O)O)[C@@H](c3ccc4c(c3)OCO4)CN2CC(=O)Nc2c(Br)cccc2Br)cc1. The zero-order valence-electron chi connectivity index (χ0n) is 19.8. The van der Waals surface area contributed by atoms with E-state index in [0.717, 1.165) is 20.1 Å². The first-order valence-electron chi connectivity index (χ1n) is 11.6. The number of ether oxygens (including phenoxy) is 3. The Labute approximate surface area is 230 Å². The van der Waals surface area contributed by atoms with Crippen LogP contribution in [0.1, 0.15) is 23.1 Å². The summed E-state index contributed by atoms with van der Waals surface area (Å²) in [4.78, 5) is 27.9. The molecule has 0 bridgehead atoms. The second-order valence-corrected chi connectivity index (χ2v) is 10.6. The number of carboxylic acids is 1. The predicted molar refractivity (Wildman–Crippen MR) is 144 cm³/mol. The number of fused-ring (bicyclic) bond motifs is 1. The average molecular weight is 632 g/mol. The maximum Gasteiger partial charge on any atom is 0.309 e. The van der Waals surface area contributed by atoms with Gasteiger partial charge in [0.2, 0.25) is 12.7 Å². The molecule has 2 aliphatic heterocycles. The molecule has 37 heavy (non-hydrogen) atoms. The molecular formula is C27H24Br2N2O6. The standard InChI is InChI=1S/C27H24Br2N2O6/c1-35-17-8-5-15(6-9-17)26-24(27(33)34)18(16-7-10-21-22(11-16)37-14-36-21)12-31(26)13-23(32)30-25-19(28)3-2-4-20(25)29/h2-11,18,24,26H,12-14H2,1H3,(H,30,32)(H,33,34)/t18-,24-,26+/m1/s1. The molecule has 8 nitrogen and oxygen atoms in total. The summed E-state index contributed by atoms with van der Waals surface area (Å²) in [6.45, 7) is 0.518. The molecule has 0 radical (unpaired) electrons. The summed E-state index contributed by atoms with van der Waals surface area (Å²) in [5.41, 5.74) is 2.24. The molecule has 1 saturated heterocycles. The Balaban J connectivity index is 1.49. The van der Waals surface area contributed by atoms with Crippen molar-refractivity contribution in [2.75, 3.05) is 32.3 Å². The Kier molecular flexibility index (Phi) is 7.41. The van der Waals surface area contributed by atoms with E-state index in [4.69, 9.17) is 14.2 Å². The van der Waals surface area contributed by atoms with Gasteiger partial charge in [-0.2, -0.15) is 0 Å². The molecule has 192 valence electrons. The van der Waals surface area contributed by atoms with E-state index in [9.17, 15) is 14.7 Å². The van der Waals surface area contributed by atoms with Gasteiger partial charge in [0.15, 0.2) is 11.5 Å². The van der Waals surface area contributed by atoms with Crippen LogP contribution in [0.3, 0.4) is 0 Å². The molecule has 0 saturated carbocycles. The smallest absolute Gasteiger partial charge is 0.309 e. The largest absolute Gasteiger partial charge is 0.497 e. The third kappa shape index (κ3) is 5.18. The first-order chi connectivity index (χ1) is 17.9. The number of methoxy groups -OCH3 is 1. The quantitative estimate of drug-likeness (QED) is 0.359. The first kappa shape index (κ1) is 25.6. The first-order valence-corrected chi connectivity index (χ1v) is 13.2. The summed E-state index contributed by atoms with van der Waals surface area (Å²) in [6, 6.07) is 17.9. The lowest BCUT2D eigenvalue weighted by atomic mass is 9.82. The van der Waals surface area contributed by atoms with Gasteiger partial charge in [0.1, 0.15) is 5.75 Å². The molecule has 0 aromatic heterocycles. The molecule has 1 amide bonds. The predicted octanol–water partition coefficient (Wildman–Crippen LogP) is 5.43. The number of hydrogen-bond donors (Lipinski definition) is 2. The van der Waals surface area contributed by atoms with Crippen LogP contribution in [-0.4, -0.2) is 48.9 Å². The monoisotopic (exact) mass is 630 g/mol. The molecule has 3 aromatic carbocycles. The number of benzene rings is 3. The zero-order valence-corrected chi connectivity index (χ0v) is 23.0. The van der Waals surface area contributed by atoms with E-state index in [1.54, 1.807) is 25.3 Å². The van der Waals surface area contributed by atoms with E-state index >= 15 is 0 Å². The molecule has 2 N–H and O–H groups in total. The second kappa shape index (κ2) is 10.7. The number of halogens is 2. The molecule has 2 heterocycles. The van der Waals surface area contributed by atoms with Gasteiger partial charge in [-0.15, -0.1) is 0 Å². The lowest BCUT2D eigenvalue weighted by Crippen LogP contribution is -2.35. The summed E-state index contributed by atoms with van der Waals surface area (Å²) in [5, 5.41) is 13.4. The van der Waals surface area contributed by atoms with E-state index < -0.39 is 17.9 Å². The van der Waals surface area contributed by atoms with Crippen molar-refractivity contribution in [1.82, 2.24) is 4.90 Å². The van der Waals surface area contributed by atoms with Gasteiger partial charge in [-0.25, -0.2) is 0 Å². The maximum absolute atomic E-state index is 13.2. The Morgan fingerprint density at radius 1 is 1.03 bits per heavy atom. The Hall–Kier alpha value is -3.08. The van der Waals surface area contributed by atoms with Crippen molar-refractivity contribution in [3.05, 3.63) is 80.7 Å². The fourth-order valence-corrected chi connectivity index (χ4v) is 6.25. The van der Waals surface area contributed by atoms with Crippen LogP contribution in [0, 0.1) is 5.92 Å². The van der Waals surface area contributed by atoms with Crippen LogP contribution in [0.4, 0.5) is 5.69 Å². The molecule has 3 aromatic rings.